The van der Waals surface area contributed by atoms with Crippen LogP contribution < -0.4 is 9.47 Å². The Hall–Kier alpha value is -2.57. The monoisotopic (exact) mass is 436 g/mol. The maximum atomic E-state index is 13.5. The Bertz CT molecular complexity index is 931. The van der Waals surface area contributed by atoms with E-state index in [9.17, 15) is 4.79 Å². The van der Waals surface area contributed by atoms with Crippen molar-refractivity contribution in [2.75, 3.05) is 40.0 Å². The Labute approximate surface area is 190 Å². The van der Waals surface area contributed by atoms with Gasteiger partial charge in [-0.3, -0.25) is 9.69 Å². The lowest BCUT2D eigenvalue weighted by molar-refractivity contribution is -0.0362. The van der Waals surface area contributed by atoms with E-state index in [0.717, 1.165) is 69.0 Å². The van der Waals surface area contributed by atoms with Crippen LogP contribution in [0, 0.1) is 0 Å². The fourth-order valence-corrected chi connectivity index (χ4v) is 5.37. The first-order valence-corrected chi connectivity index (χ1v) is 11.7. The van der Waals surface area contributed by atoms with Crippen LogP contribution in [-0.4, -0.2) is 67.3 Å². The Morgan fingerprint density at radius 3 is 2.47 bits per heavy atom. The molecule has 2 heterocycles. The molecule has 1 saturated heterocycles. The van der Waals surface area contributed by atoms with Gasteiger partial charge in [-0.2, -0.15) is 0 Å². The third-order valence-corrected chi connectivity index (χ3v) is 7.19. The Morgan fingerprint density at radius 2 is 1.75 bits per heavy atom. The molecule has 0 atom stereocenters. The molecule has 32 heavy (non-hydrogen) atoms. The first-order valence-electron chi connectivity index (χ1n) is 11.7. The zero-order valence-corrected chi connectivity index (χ0v) is 18.8. The maximum absolute atomic E-state index is 13.5. The van der Waals surface area contributed by atoms with E-state index in [-0.39, 0.29) is 11.5 Å². The second kappa shape index (κ2) is 9.12. The van der Waals surface area contributed by atoms with Crippen molar-refractivity contribution in [3.8, 4) is 11.5 Å². The van der Waals surface area contributed by atoms with Gasteiger partial charge < -0.3 is 19.1 Å². The summed E-state index contributed by atoms with van der Waals surface area (Å²) in [4.78, 5) is 18.1. The summed E-state index contributed by atoms with van der Waals surface area (Å²) in [5.41, 5.74) is 1.42. The third-order valence-electron chi connectivity index (χ3n) is 7.19. The van der Waals surface area contributed by atoms with Gasteiger partial charge in [0.05, 0.1) is 26.9 Å². The highest BCUT2D eigenvalue weighted by Crippen LogP contribution is 2.40. The first kappa shape index (κ1) is 21.3. The average molecular weight is 437 g/mol. The quantitative estimate of drug-likeness (QED) is 0.734. The fraction of sp³-hybridized carbons (Fsp3) is 0.500. The predicted octanol–water partition coefficient (Wildman–Crippen LogP) is 3.74. The van der Waals surface area contributed by atoms with Gasteiger partial charge in [0.25, 0.3) is 5.91 Å². The van der Waals surface area contributed by atoms with E-state index in [1.165, 1.54) is 0 Å². The van der Waals surface area contributed by atoms with Gasteiger partial charge in [0.15, 0.2) is 0 Å². The van der Waals surface area contributed by atoms with Crippen LogP contribution in [0.3, 0.4) is 0 Å². The van der Waals surface area contributed by atoms with Gasteiger partial charge in [0.1, 0.15) is 17.1 Å². The summed E-state index contributed by atoms with van der Waals surface area (Å²) in [6.45, 7) is 4.87. The lowest BCUT2D eigenvalue weighted by atomic mass is 9.80. The largest absolute Gasteiger partial charge is 0.497 e. The van der Waals surface area contributed by atoms with Crippen LogP contribution in [0.4, 0.5) is 0 Å². The molecule has 2 fully saturated rings. The maximum Gasteiger partial charge on any atom is 0.254 e. The number of carbonyl (C=O) groups is 1. The van der Waals surface area contributed by atoms with Crippen LogP contribution in [0.15, 0.2) is 48.5 Å². The number of fused-ring (bicyclic) bond motifs is 1. The van der Waals surface area contributed by atoms with Crippen LogP contribution in [0.1, 0.15) is 41.6 Å². The number of rotatable bonds is 3. The Balaban J connectivity index is 1.37. The molecule has 1 spiro atoms. The van der Waals surface area contributed by atoms with Gasteiger partial charge in [-0.05, 0) is 56.0 Å². The second-order valence-electron chi connectivity index (χ2n) is 9.16. The Kier molecular flexibility index (Phi) is 6.07. The summed E-state index contributed by atoms with van der Waals surface area (Å²) in [5.74, 6) is 1.72. The van der Waals surface area contributed by atoms with Gasteiger partial charge in [0.2, 0.25) is 0 Å². The van der Waals surface area contributed by atoms with Crippen molar-refractivity contribution in [3.05, 3.63) is 59.7 Å². The van der Waals surface area contributed by atoms with E-state index in [0.29, 0.717) is 24.7 Å². The summed E-state index contributed by atoms with van der Waals surface area (Å²) in [6.07, 6.45) is 4.09. The smallest absolute Gasteiger partial charge is 0.254 e. The van der Waals surface area contributed by atoms with Crippen LogP contribution >= 0.6 is 0 Å². The molecule has 6 heteroatoms. The van der Waals surface area contributed by atoms with Gasteiger partial charge in [-0.25, -0.2) is 0 Å². The number of carbonyl (C=O) groups excluding carboxylic acids is 1. The minimum atomic E-state index is -0.336. The number of hydrogen-bond acceptors (Lipinski definition) is 5. The molecule has 3 aliphatic rings. The topological polar surface area (TPSA) is 51.2 Å². The SMILES string of the molecule is COc1ccc(C(=O)N2Cc3ccccc3OC3(CCC(N4CCOCC4)CC3)C2)cc1. The van der Waals surface area contributed by atoms with E-state index in [4.69, 9.17) is 14.2 Å². The highest BCUT2D eigenvalue weighted by molar-refractivity contribution is 5.94. The first-order chi connectivity index (χ1) is 15.7. The van der Waals surface area contributed by atoms with Crippen LogP contribution in [-0.2, 0) is 11.3 Å². The van der Waals surface area contributed by atoms with Gasteiger partial charge >= 0.3 is 0 Å². The molecule has 1 saturated carbocycles. The lowest BCUT2D eigenvalue weighted by Crippen LogP contribution is -2.53. The number of nitrogens with zero attached hydrogens (tertiary/aromatic N) is 2. The molecule has 2 aromatic carbocycles. The molecule has 2 aliphatic heterocycles. The number of para-hydroxylation sites is 1. The van der Waals surface area contributed by atoms with Gasteiger partial charge in [-0.1, -0.05) is 18.2 Å². The van der Waals surface area contributed by atoms with Crippen molar-refractivity contribution >= 4 is 5.91 Å². The van der Waals surface area contributed by atoms with E-state index < -0.39 is 0 Å². The predicted molar refractivity (Wildman–Crippen MR) is 122 cm³/mol. The summed E-state index contributed by atoms with van der Waals surface area (Å²) < 4.78 is 17.5. The van der Waals surface area contributed by atoms with Crippen molar-refractivity contribution < 1.29 is 19.0 Å². The van der Waals surface area contributed by atoms with E-state index in [1.54, 1.807) is 7.11 Å². The van der Waals surface area contributed by atoms with Crippen molar-refractivity contribution in [2.24, 2.45) is 0 Å². The molecule has 0 unspecified atom stereocenters. The van der Waals surface area contributed by atoms with Crippen molar-refractivity contribution in [2.45, 2.75) is 43.9 Å². The molecule has 2 aromatic rings. The zero-order chi connectivity index (χ0) is 22.0. The molecule has 5 rings (SSSR count). The molecular weight excluding hydrogens is 404 g/mol. The highest BCUT2D eigenvalue weighted by Gasteiger charge is 2.43. The second-order valence-corrected chi connectivity index (χ2v) is 9.16. The molecule has 170 valence electrons. The summed E-state index contributed by atoms with van der Waals surface area (Å²) >= 11 is 0. The number of methoxy groups -OCH3 is 1. The normalized spacial score (nSPS) is 26.2. The van der Waals surface area contributed by atoms with Crippen molar-refractivity contribution in [1.29, 1.82) is 0 Å². The lowest BCUT2D eigenvalue weighted by Gasteiger charge is -2.45. The fourth-order valence-electron chi connectivity index (χ4n) is 5.37. The van der Waals surface area contributed by atoms with Crippen LogP contribution in [0.25, 0.3) is 0 Å². The Morgan fingerprint density at radius 1 is 1.03 bits per heavy atom. The molecular formula is C26H32N2O4. The van der Waals surface area contributed by atoms with Crippen LogP contribution in [0.5, 0.6) is 11.5 Å². The molecule has 1 aliphatic carbocycles. The van der Waals surface area contributed by atoms with Gasteiger partial charge in [0, 0.05) is 36.8 Å². The van der Waals surface area contributed by atoms with Crippen molar-refractivity contribution in [3.63, 3.8) is 0 Å². The standard InChI is InChI=1S/C26H32N2O4/c1-30-23-8-6-20(7-9-23)25(29)28-18-21-4-2-3-5-24(21)32-26(19-28)12-10-22(11-13-26)27-14-16-31-17-15-27/h2-9,22H,10-19H2,1H3. The highest BCUT2D eigenvalue weighted by atomic mass is 16.5. The van der Waals surface area contributed by atoms with E-state index in [2.05, 4.69) is 11.0 Å². The van der Waals surface area contributed by atoms with Gasteiger partial charge in [-0.15, -0.1) is 0 Å². The van der Waals surface area contributed by atoms with Crippen LogP contribution in [0.2, 0.25) is 0 Å². The van der Waals surface area contributed by atoms with E-state index in [1.807, 2.05) is 47.4 Å². The minimum Gasteiger partial charge on any atom is -0.497 e. The number of benzene rings is 2. The molecule has 0 bridgehead atoms. The number of hydrogen-bond donors (Lipinski definition) is 0. The number of morpholine rings is 1. The third kappa shape index (κ3) is 4.34. The number of ether oxygens (including phenoxy) is 3. The van der Waals surface area contributed by atoms with Crippen molar-refractivity contribution in [1.82, 2.24) is 9.80 Å². The average Bonchev–Trinajstić information content (AvgIpc) is 3.01. The number of amides is 1. The molecule has 0 radical (unpaired) electrons. The zero-order valence-electron chi connectivity index (χ0n) is 18.8. The van der Waals surface area contributed by atoms with E-state index >= 15 is 0 Å². The minimum absolute atomic E-state index is 0.0441. The summed E-state index contributed by atoms with van der Waals surface area (Å²) in [5, 5.41) is 0. The molecule has 1 amide bonds. The molecule has 0 aromatic heterocycles. The molecule has 6 nitrogen and oxygen atoms in total. The molecule has 0 N–H and O–H groups in total. The summed E-state index contributed by atoms with van der Waals surface area (Å²) in [6, 6.07) is 16.1. The summed E-state index contributed by atoms with van der Waals surface area (Å²) in [7, 11) is 1.64.